The Morgan fingerprint density at radius 2 is 1.69 bits per heavy atom. The van der Waals surface area contributed by atoms with Crippen LogP contribution in [0.1, 0.15) is 11.1 Å². The normalized spacial score (nSPS) is 10.4. The summed E-state index contributed by atoms with van der Waals surface area (Å²) >= 11 is 0. The van der Waals surface area contributed by atoms with Crippen molar-refractivity contribution in [1.29, 1.82) is 0 Å². The Kier molecular flexibility index (Phi) is 6.47. The maximum atomic E-state index is 11.8. The van der Waals surface area contributed by atoms with Crippen LogP contribution in [0.3, 0.4) is 0 Å². The van der Waals surface area contributed by atoms with Crippen LogP contribution in [0.25, 0.3) is 10.9 Å². The number of nitrogens with one attached hydrogen (secondary N) is 3. The fraction of sp³-hybridized carbons (Fsp3) is 0.190. The second kappa shape index (κ2) is 9.41. The first-order chi connectivity index (χ1) is 14.1. The summed E-state index contributed by atoms with van der Waals surface area (Å²) in [4.78, 5) is 34.0. The second-order valence-corrected chi connectivity index (χ2v) is 6.36. The Bertz CT molecular complexity index is 1010. The molecule has 3 aromatic rings. The summed E-state index contributed by atoms with van der Waals surface area (Å²) in [6.07, 6.45) is 2.71. The molecule has 150 valence electrons. The molecule has 0 atom stereocenters. The zero-order valence-electron chi connectivity index (χ0n) is 16.0. The molecular weight excluding hydrogens is 372 g/mol. The van der Waals surface area contributed by atoms with E-state index < -0.39 is 17.9 Å². The van der Waals surface area contributed by atoms with Gasteiger partial charge in [0.15, 0.2) is 0 Å². The van der Waals surface area contributed by atoms with E-state index in [1.807, 2.05) is 35.8 Å². The minimum atomic E-state index is -1.09. The lowest BCUT2D eigenvalue weighted by molar-refractivity contribution is -0.153. The van der Waals surface area contributed by atoms with Gasteiger partial charge in [0.1, 0.15) is 0 Å². The molecule has 0 saturated carbocycles. The van der Waals surface area contributed by atoms with Gasteiger partial charge in [-0.3, -0.25) is 10.2 Å². The van der Waals surface area contributed by atoms with E-state index in [0.29, 0.717) is 13.0 Å². The molecule has 1 aromatic heterocycles. The third kappa shape index (κ3) is 5.13. The van der Waals surface area contributed by atoms with Gasteiger partial charge in [0.05, 0.1) is 7.11 Å². The number of aromatic nitrogens is 1. The highest BCUT2D eigenvalue weighted by Gasteiger charge is 2.14. The van der Waals surface area contributed by atoms with E-state index in [1.165, 1.54) is 5.56 Å². The van der Waals surface area contributed by atoms with E-state index in [0.717, 1.165) is 30.1 Å². The third-order valence-corrected chi connectivity index (χ3v) is 4.41. The largest absolute Gasteiger partial charge is 0.462 e. The van der Waals surface area contributed by atoms with Gasteiger partial charge in [-0.1, -0.05) is 48.5 Å². The molecule has 29 heavy (non-hydrogen) atoms. The molecule has 0 bridgehead atoms. The van der Waals surface area contributed by atoms with Crippen molar-refractivity contribution < 1.29 is 19.1 Å². The van der Waals surface area contributed by atoms with Crippen molar-refractivity contribution in [2.75, 3.05) is 13.7 Å². The third-order valence-electron chi connectivity index (χ3n) is 4.41. The zero-order valence-corrected chi connectivity index (χ0v) is 16.0. The molecule has 0 fully saturated rings. The average molecular weight is 394 g/mol. The SMILES string of the molecule is COC(=O)C(=O)NNC(=O)NCCc1cn(Cc2ccccc2)c2ccccc12. The number of nitrogens with zero attached hydrogens (tertiary/aromatic N) is 1. The van der Waals surface area contributed by atoms with Crippen molar-refractivity contribution in [3.63, 3.8) is 0 Å². The summed E-state index contributed by atoms with van der Waals surface area (Å²) in [6, 6.07) is 17.7. The van der Waals surface area contributed by atoms with Crippen LogP contribution in [0.5, 0.6) is 0 Å². The molecule has 0 unspecified atom stereocenters. The number of fused-ring (bicyclic) bond motifs is 1. The lowest BCUT2D eigenvalue weighted by Gasteiger charge is -2.07. The number of para-hydroxylation sites is 1. The number of hydrogen-bond acceptors (Lipinski definition) is 4. The number of carbonyl (C=O) groups is 3. The Morgan fingerprint density at radius 3 is 2.45 bits per heavy atom. The van der Waals surface area contributed by atoms with Crippen molar-refractivity contribution in [3.05, 3.63) is 71.9 Å². The number of urea groups is 1. The van der Waals surface area contributed by atoms with Crippen LogP contribution >= 0.6 is 0 Å². The Labute approximate surface area is 167 Å². The number of hydrogen-bond donors (Lipinski definition) is 3. The molecular formula is C21H22N4O4. The Morgan fingerprint density at radius 1 is 0.966 bits per heavy atom. The quantitative estimate of drug-likeness (QED) is 0.348. The standard InChI is InChI=1S/C21H22N4O4/c1-29-20(27)19(26)23-24-21(28)22-12-11-16-14-25(13-15-7-3-2-4-8-15)18-10-6-5-9-17(16)18/h2-10,14H,11-13H2,1H3,(H,23,26)(H2,22,24,28). The fourth-order valence-electron chi connectivity index (χ4n) is 3.05. The predicted molar refractivity (Wildman–Crippen MR) is 108 cm³/mol. The molecule has 3 rings (SSSR count). The molecule has 2 aromatic carbocycles. The minimum absolute atomic E-state index is 0.360. The van der Waals surface area contributed by atoms with Crippen LogP contribution in [-0.4, -0.2) is 36.1 Å². The van der Waals surface area contributed by atoms with Crippen molar-refractivity contribution in [3.8, 4) is 0 Å². The molecule has 0 aliphatic heterocycles. The van der Waals surface area contributed by atoms with Crippen LogP contribution in [-0.2, 0) is 27.3 Å². The average Bonchev–Trinajstić information content (AvgIpc) is 3.09. The lowest BCUT2D eigenvalue weighted by Crippen LogP contribution is -2.49. The molecule has 1 heterocycles. The number of carbonyl (C=O) groups excluding carboxylic acids is 3. The second-order valence-electron chi connectivity index (χ2n) is 6.36. The minimum Gasteiger partial charge on any atom is -0.462 e. The monoisotopic (exact) mass is 394 g/mol. The molecule has 8 nitrogen and oxygen atoms in total. The number of esters is 1. The summed E-state index contributed by atoms with van der Waals surface area (Å²) < 4.78 is 6.44. The Balaban J connectivity index is 1.60. The van der Waals surface area contributed by atoms with Crippen LogP contribution in [0, 0.1) is 0 Å². The fourth-order valence-corrected chi connectivity index (χ4v) is 3.05. The number of hydrazine groups is 1. The highest BCUT2D eigenvalue weighted by Crippen LogP contribution is 2.22. The van der Waals surface area contributed by atoms with E-state index in [-0.39, 0.29) is 0 Å². The molecule has 0 aliphatic rings. The van der Waals surface area contributed by atoms with Gasteiger partial charge in [-0.25, -0.2) is 15.0 Å². The summed E-state index contributed by atoms with van der Waals surface area (Å²) in [6.45, 7) is 1.12. The van der Waals surface area contributed by atoms with Gasteiger partial charge in [-0.15, -0.1) is 0 Å². The number of ether oxygens (including phenoxy) is 1. The van der Waals surface area contributed by atoms with E-state index in [9.17, 15) is 14.4 Å². The molecule has 0 radical (unpaired) electrons. The molecule has 3 amide bonds. The predicted octanol–water partition coefficient (Wildman–Crippen LogP) is 1.74. The van der Waals surface area contributed by atoms with Crippen LogP contribution in [0.2, 0.25) is 0 Å². The van der Waals surface area contributed by atoms with E-state index >= 15 is 0 Å². The Hall–Kier alpha value is -3.81. The molecule has 0 aliphatic carbocycles. The highest BCUT2D eigenvalue weighted by molar-refractivity contribution is 6.32. The summed E-state index contributed by atoms with van der Waals surface area (Å²) in [5, 5.41) is 3.77. The molecule has 0 spiro atoms. The van der Waals surface area contributed by atoms with E-state index in [1.54, 1.807) is 0 Å². The van der Waals surface area contributed by atoms with Gasteiger partial charge in [0, 0.05) is 30.2 Å². The van der Waals surface area contributed by atoms with E-state index in [4.69, 9.17) is 0 Å². The number of methoxy groups -OCH3 is 1. The first-order valence-electron chi connectivity index (χ1n) is 9.11. The maximum Gasteiger partial charge on any atom is 0.398 e. The number of amides is 3. The van der Waals surface area contributed by atoms with Crippen molar-refractivity contribution in [2.45, 2.75) is 13.0 Å². The molecule has 8 heteroatoms. The lowest BCUT2D eigenvalue weighted by atomic mass is 10.1. The smallest absolute Gasteiger partial charge is 0.398 e. The zero-order chi connectivity index (χ0) is 20.6. The van der Waals surface area contributed by atoms with Crippen LogP contribution in [0.4, 0.5) is 4.79 Å². The summed E-state index contributed by atoms with van der Waals surface area (Å²) in [5.74, 6) is -2.14. The summed E-state index contributed by atoms with van der Waals surface area (Å²) in [5.41, 5.74) is 7.51. The van der Waals surface area contributed by atoms with Crippen LogP contribution in [0.15, 0.2) is 60.8 Å². The van der Waals surface area contributed by atoms with Crippen LogP contribution < -0.4 is 16.2 Å². The van der Waals surface area contributed by atoms with Gasteiger partial charge >= 0.3 is 17.9 Å². The first kappa shape index (κ1) is 19.9. The summed E-state index contributed by atoms with van der Waals surface area (Å²) in [7, 11) is 1.08. The molecule has 3 N–H and O–H groups in total. The van der Waals surface area contributed by atoms with Gasteiger partial charge in [0.25, 0.3) is 0 Å². The topological polar surface area (TPSA) is 101 Å². The van der Waals surface area contributed by atoms with Gasteiger partial charge < -0.3 is 14.6 Å². The van der Waals surface area contributed by atoms with Crippen molar-refractivity contribution >= 4 is 28.8 Å². The van der Waals surface area contributed by atoms with E-state index in [2.05, 4.69) is 50.5 Å². The first-order valence-corrected chi connectivity index (χ1v) is 9.11. The van der Waals surface area contributed by atoms with Crippen molar-refractivity contribution in [1.82, 2.24) is 20.7 Å². The van der Waals surface area contributed by atoms with Gasteiger partial charge in [0.2, 0.25) is 0 Å². The highest BCUT2D eigenvalue weighted by atomic mass is 16.5. The maximum absolute atomic E-state index is 11.8. The molecule has 0 saturated heterocycles. The van der Waals surface area contributed by atoms with Gasteiger partial charge in [-0.2, -0.15) is 0 Å². The van der Waals surface area contributed by atoms with Crippen molar-refractivity contribution in [2.24, 2.45) is 0 Å². The number of benzene rings is 2. The van der Waals surface area contributed by atoms with Gasteiger partial charge in [-0.05, 0) is 23.6 Å². The number of rotatable bonds is 5.